The summed E-state index contributed by atoms with van der Waals surface area (Å²) in [7, 11) is -1.29. The monoisotopic (exact) mass is 521 g/mol. The first-order valence-corrected chi connectivity index (χ1v) is 12.0. The summed E-state index contributed by atoms with van der Waals surface area (Å²) in [6, 6.07) is 17.3. The van der Waals surface area contributed by atoms with E-state index >= 15 is 0 Å². The first-order valence-electron chi connectivity index (χ1n) is 9.83. The molecular weight excluding hydrogens is 501 g/mol. The van der Waals surface area contributed by atoms with Gasteiger partial charge in [0.1, 0.15) is 6.54 Å². The van der Waals surface area contributed by atoms with Crippen molar-refractivity contribution >= 4 is 51.0 Å². The molecule has 3 aromatic carbocycles. The summed E-state index contributed by atoms with van der Waals surface area (Å²) in [6.45, 7) is -0.514. The number of hydrazone groups is 1. The number of sulfonamides is 1. The molecule has 0 spiro atoms. The van der Waals surface area contributed by atoms with E-state index in [1.165, 1.54) is 38.6 Å². The number of rotatable bonds is 9. The van der Waals surface area contributed by atoms with Crippen LogP contribution < -0.4 is 19.2 Å². The summed E-state index contributed by atoms with van der Waals surface area (Å²) in [5, 5.41) is 4.61. The Bertz CT molecular complexity index is 1300. The van der Waals surface area contributed by atoms with Gasteiger partial charge in [-0.15, -0.1) is 0 Å². The van der Waals surface area contributed by atoms with E-state index in [9.17, 15) is 13.2 Å². The van der Waals surface area contributed by atoms with Gasteiger partial charge in [0.25, 0.3) is 15.9 Å². The number of benzene rings is 3. The molecule has 0 fully saturated rings. The van der Waals surface area contributed by atoms with Gasteiger partial charge in [-0.2, -0.15) is 5.10 Å². The molecule has 0 heterocycles. The summed E-state index contributed by atoms with van der Waals surface area (Å²) in [4.78, 5) is 12.5. The van der Waals surface area contributed by atoms with Gasteiger partial charge in [-0.05, 0) is 42.0 Å². The molecule has 0 atom stereocenters. The van der Waals surface area contributed by atoms with Gasteiger partial charge in [-0.1, -0.05) is 47.5 Å². The van der Waals surface area contributed by atoms with Crippen LogP contribution in [0.1, 0.15) is 5.56 Å². The lowest BCUT2D eigenvalue weighted by molar-refractivity contribution is -0.119. The zero-order valence-corrected chi connectivity index (χ0v) is 20.6. The average molecular weight is 522 g/mol. The van der Waals surface area contributed by atoms with Crippen molar-refractivity contribution in [2.75, 3.05) is 25.1 Å². The molecule has 11 heteroatoms. The van der Waals surface area contributed by atoms with Crippen LogP contribution in [0.5, 0.6) is 11.5 Å². The highest BCUT2D eigenvalue weighted by Crippen LogP contribution is 2.32. The number of amides is 1. The fraction of sp³-hybridized carbons (Fsp3) is 0.130. The number of anilines is 1. The lowest BCUT2D eigenvalue weighted by Gasteiger charge is -2.24. The molecule has 0 saturated carbocycles. The van der Waals surface area contributed by atoms with Crippen molar-refractivity contribution in [2.45, 2.75) is 4.90 Å². The molecule has 34 heavy (non-hydrogen) atoms. The number of ether oxygens (including phenoxy) is 2. The summed E-state index contributed by atoms with van der Waals surface area (Å²) < 4.78 is 38.4. The first kappa shape index (κ1) is 25.4. The zero-order valence-electron chi connectivity index (χ0n) is 18.2. The minimum absolute atomic E-state index is 0.0684. The number of hydrogen-bond acceptors (Lipinski definition) is 6. The number of halogens is 2. The van der Waals surface area contributed by atoms with Gasteiger partial charge in [0.15, 0.2) is 11.5 Å². The highest BCUT2D eigenvalue weighted by Gasteiger charge is 2.28. The highest BCUT2D eigenvalue weighted by atomic mass is 35.5. The predicted molar refractivity (Wildman–Crippen MR) is 133 cm³/mol. The smallest absolute Gasteiger partial charge is 0.264 e. The quantitative estimate of drug-likeness (QED) is 0.333. The Labute approximate surface area is 207 Å². The molecule has 0 radical (unpaired) electrons. The molecule has 178 valence electrons. The number of nitrogens with zero attached hydrogens (tertiary/aromatic N) is 2. The zero-order chi connectivity index (χ0) is 24.7. The van der Waals surface area contributed by atoms with E-state index in [2.05, 4.69) is 10.5 Å². The van der Waals surface area contributed by atoms with E-state index in [-0.39, 0.29) is 10.6 Å². The van der Waals surface area contributed by atoms with Crippen LogP contribution in [0.15, 0.2) is 76.7 Å². The van der Waals surface area contributed by atoms with Crippen LogP contribution in [0.3, 0.4) is 0 Å². The lowest BCUT2D eigenvalue weighted by atomic mass is 10.2. The van der Waals surface area contributed by atoms with Gasteiger partial charge >= 0.3 is 0 Å². The Kier molecular flexibility index (Phi) is 8.38. The average Bonchev–Trinajstić information content (AvgIpc) is 2.84. The second-order valence-electron chi connectivity index (χ2n) is 6.83. The highest BCUT2D eigenvalue weighted by molar-refractivity contribution is 7.92. The van der Waals surface area contributed by atoms with Crippen molar-refractivity contribution in [2.24, 2.45) is 5.10 Å². The summed E-state index contributed by atoms with van der Waals surface area (Å²) in [6.07, 6.45) is 1.37. The fourth-order valence-corrected chi connectivity index (χ4v) is 4.69. The second-order valence-corrected chi connectivity index (χ2v) is 9.51. The van der Waals surface area contributed by atoms with Gasteiger partial charge in [-0.3, -0.25) is 9.10 Å². The van der Waals surface area contributed by atoms with E-state index in [0.29, 0.717) is 27.0 Å². The molecule has 0 aliphatic heterocycles. The van der Waals surface area contributed by atoms with Gasteiger partial charge in [-0.25, -0.2) is 13.8 Å². The standard InChI is InChI=1S/C23H21Cl2N3O5S/c1-32-21-11-9-18(13-22(21)33-2)34(30,31)28(17-6-4-3-5-7-17)15-23(29)27-26-14-16-8-10-19(24)20(25)12-16/h3-14H,15H2,1-2H3,(H,27,29)/b26-14-. The van der Waals surface area contributed by atoms with Crippen LogP contribution in [0, 0.1) is 0 Å². The van der Waals surface area contributed by atoms with Gasteiger partial charge in [0, 0.05) is 6.07 Å². The van der Waals surface area contributed by atoms with Crippen LogP contribution in [-0.2, 0) is 14.8 Å². The van der Waals surface area contributed by atoms with E-state index in [1.54, 1.807) is 48.5 Å². The lowest BCUT2D eigenvalue weighted by Crippen LogP contribution is -2.39. The molecule has 0 aliphatic carbocycles. The Hall–Kier alpha value is -3.27. The number of methoxy groups -OCH3 is 2. The molecule has 1 amide bonds. The summed E-state index contributed by atoms with van der Waals surface area (Å²) in [5.41, 5.74) is 3.24. The van der Waals surface area contributed by atoms with Crippen molar-refractivity contribution in [3.05, 3.63) is 82.3 Å². The van der Waals surface area contributed by atoms with Crippen LogP contribution in [0.4, 0.5) is 5.69 Å². The number of para-hydroxylation sites is 1. The molecule has 0 saturated heterocycles. The summed E-state index contributed by atoms with van der Waals surface area (Å²) >= 11 is 11.9. The number of hydrogen-bond donors (Lipinski definition) is 1. The number of carbonyl (C=O) groups is 1. The maximum atomic E-state index is 13.5. The molecule has 0 unspecified atom stereocenters. The number of nitrogens with one attached hydrogen (secondary N) is 1. The van der Waals surface area contributed by atoms with Gasteiger partial charge < -0.3 is 9.47 Å². The van der Waals surface area contributed by atoms with Crippen molar-refractivity contribution in [3.8, 4) is 11.5 Å². The molecule has 0 bridgehead atoms. The Morgan fingerprint density at radius 3 is 2.32 bits per heavy atom. The Morgan fingerprint density at radius 1 is 0.971 bits per heavy atom. The Morgan fingerprint density at radius 2 is 1.68 bits per heavy atom. The third kappa shape index (κ3) is 5.99. The molecule has 8 nitrogen and oxygen atoms in total. The second kappa shape index (κ2) is 11.2. The molecule has 1 N–H and O–H groups in total. The van der Waals surface area contributed by atoms with Crippen molar-refractivity contribution in [1.29, 1.82) is 0 Å². The topological polar surface area (TPSA) is 97.3 Å². The molecule has 3 rings (SSSR count). The summed E-state index contributed by atoms with van der Waals surface area (Å²) in [5.74, 6) is -0.0291. The van der Waals surface area contributed by atoms with Crippen molar-refractivity contribution in [3.63, 3.8) is 0 Å². The third-order valence-electron chi connectivity index (χ3n) is 4.62. The van der Waals surface area contributed by atoms with E-state index in [0.717, 1.165) is 4.31 Å². The maximum absolute atomic E-state index is 13.5. The van der Waals surface area contributed by atoms with E-state index < -0.39 is 22.5 Å². The van der Waals surface area contributed by atoms with Crippen LogP contribution >= 0.6 is 23.2 Å². The van der Waals surface area contributed by atoms with Crippen LogP contribution in [-0.4, -0.2) is 41.3 Å². The third-order valence-corrected chi connectivity index (χ3v) is 7.13. The predicted octanol–water partition coefficient (Wildman–Crippen LogP) is 4.36. The van der Waals surface area contributed by atoms with Crippen molar-refractivity contribution in [1.82, 2.24) is 5.43 Å². The molecular formula is C23H21Cl2N3O5S. The van der Waals surface area contributed by atoms with E-state index in [1.807, 2.05) is 0 Å². The fourth-order valence-electron chi connectivity index (χ4n) is 2.95. The SMILES string of the molecule is COc1ccc(S(=O)(=O)N(CC(=O)N/N=C\c2ccc(Cl)c(Cl)c2)c2ccccc2)cc1OC. The Balaban J connectivity index is 1.86. The molecule has 3 aromatic rings. The maximum Gasteiger partial charge on any atom is 0.264 e. The number of carbonyl (C=O) groups excluding carboxylic acids is 1. The largest absolute Gasteiger partial charge is 0.493 e. The molecule has 0 aliphatic rings. The molecule has 0 aromatic heterocycles. The van der Waals surface area contributed by atoms with E-state index in [4.69, 9.17) is 32.7 Å². The minimum atomic E-state index is -4.14. The first-order chi connectivity index (χ1) is 16.3. The van der Waals surface area contributed by atoms with Crippen molar-refractivity contribution < 1.29 is 22.7 Å². The normalized spacial score (nSPS) is 11.3. The minimum Gasteiger partial charge on any atom is -0.493 e. The van der Waals surface area contributed by atoms with Gasteiger partial charge in [0.2, 0.25) is 0 Å². The van der Waals surface area contributed by atoms with Gasteiger partial charge in [0.05, 0.1) is 41.1 Å². The van der Waals surface area contributed by atoms with Crippen LogP contribution in [0.25, 0.3) is 0 Å². The van der Waals surface area contributed by atoms with Crippen LogP contribution in [0.2, 0.25) is 10.0 Å².